The fraction of sp³-hybridized carbons (Fsp3) is 0.417. The van der Waals surface area contributed by atoms with Crippen LogP contribution in [0.4, 0.5) is 11.4 Å². The van der Waals surface area contributed by atoms with Crippen LogP contribution in [0.2, 0.25) is 0 Å². The molecule has 0 bridgehead atoms. The van der Waals surface area contributed by atoms with E-state index in [2.05, 4.69) is 15.5 Å². The van der Waals surface area contributed by atoms with Crippen molar-refractivity contribution in [2.45, 2.75) is 12.8 Å². The molecule has 1 aliphatic heterocycles. The third kappa shape index (κ3) is 4.76. The molecule has 2 aromatic rings. The lowest BCUT2D eigenvalue weighted by molar-refractivity contribution is 0.0378. The summed E-state index contributed by atoms with van der Waals surface area (Å²) in [7, 11) is 0. The molecule has 1 saturated heterocycles. The quantitative estimate of drug-likeness (QED) is 0.390. The van der Waals surface area contributed by atoms with Crippen LogP contribution in [0, 0.1) is 0 Å². The van der Waals surface area contributed by atoms with Gasteiger partial charge in [-0.3, -0.25) is 14.5 Å². The summed E-state index contributed by atoms with van der Waals surface area (Å²) in [5.74, 6) is 0.311. The van der Waals surface area contributed by atoms with Crippen LogP contribution in [0.3, 0.4) is 0 Å². The monoisotopic (exact) mass is 441 g/mol. The first-order chi connectivity index (χ1) is 15.2. The van der Waals surface area contributed by atoms with Crippen LogP contribution in [0.5, 0.6) is 0 Å². The lowest BCUT2D eigenvalue weighted by Gasteiger charge is -2.27. The Morgan fingerprint density at radius 1 is 0.839 bits per heavy atom. The molecule has 1 heterocycles. The number of ketones is 2. The summed E-state index contributed by atoms with van der Waals surface area (Å²) in [4.78, 5) is 29.1. The van der Waals surface area contributed by atoms with Gasteiger partial charge in [0.05, 0.1) is 24.3 Å². The van der Waals surface area contributed by atoms with Crippen molar-refractivity contribution in [1.29, 1.82) is 0 Å². The van der Waals surface area contributed by atoms with Gasteiger partial charge in [-0.1, -0.05) is 24.3 Å². The van der Waals surface area contributed by atoms with Crippen molar-refractivity contribution in [3.8, 4) is 0 Å². The lowest BCUT2D eigenvalue weighted by atomic mass is 9.82. The van der Waals surface area contributed by atoms with Crippen molar-refractivity contribution >= 4 is 34.5 Å². The van der Waals surface area contributed by atoms with Gasteiger partial charge in [0, 0.05) is 54.6 Å². The van der Waals surface area contributed by atoms with Crippen LogP contribution in [-0.4, -0.2) is 68.3 Å². The molecular formula is C24H28ClN3O3. The third-order valence-corrected chi connectivity index (χ3v) is 6.04. The van der Waals surface area contributed by atoms with Crippen molar-refractivity contribution in [1.82, 2.24) is 4.90 Å². The fourth-order valence-corrected chi connectivity index (χ4v) is 4.29. The normalized spacial score (nSPS) is 16.0. The van der Waals surface area contributed by atoms with E-state index < -0.39 is 0 Å². The fourth-order valence-electron chi connectivity index (χ4n) is 4.16. The second-order valence-electron chi connectivity index (χ2n) is 7.82. The van der Waals surface area contributed by atoms with Gasteiger partial charge in [0.25, 0.3) is 0 Å². The molecule has 1 fully saturated rings. The Bertz CT molecular complexity index is 957. The van der Waals surface area contributed by atoms with Gasteiger partial charge in [-0.05, 0) is 31.5 Å². The van der Waals surface area contributed by atoms with E-state index in [1.165, 1.54) is 0 Å². The van der Waals surface area contributed by atoms with Gasteiger partial charge in [0.15, 0.2) is 11.6 Å². The molecule has 0 unspecified atom stereocenters. The van der Waals surface area contributed by atoms with Crippen LogP contribution in [0.1, 0.15) is 44.7 Å². The summed E-state index contributed by atoms with van der Waals surface area (Å²) < 4.78 is 5.39. The summed E-state index contributed by atoms with van der Waals surface area (Å²) in [6, 6.07) is 10.8. The summed E-state index contributed by atoms with van der Waals surface area (Å²) >= 11 is 5.80. The number of halogens is 1. The number of morpholine rings is 1. The summed E-state index contributed by atoms with van der Waals surface area (Å²) in [6.07, 6.45) is 1.72. The highest BCUT2D eigenvalue weighted by Gasteiger charge is 2.33. The molecule has 0 saturated carbocycles. The van der Waals surface area contributed by atoms with Gasteiger partial charge >= 0.3 is 0 Å². The molecule has 0 radical (unpaired) electrons. The Morgan fingerprint density at radius 2 is 1.39 bits per heavy atom. The van der Waals surface area contributed by atoms with Gasteiger partial charge in [-0.2, -0.15) is 0 Å². The van der Waals surface area contributed by atoms with E-state index in [1.54, 1.807) is 24.3 Å². The van der Waals surface area contributed by atoms with Gasteiger partial charge in [0.2, 0.25) is 0 Å². The number of nitrogens with zero attached hydrogens (tertiary/aromatic N) is 1. The number of alkyl halides is 1. The molecular weight excluding hydrogens is 414 g/mol. The molecule has 0 atom stereocenters. The van der Waals surface area contributed by atoms with Crippen molar-refractivity contribution in [3.63, 3.8) is 0 Å². The maximum absolute atomic E-state index is 13.4. The first kappa shape index (κ1) is 21.8. The van der Waals surface area contributed by atoms with E-state index in [-0.39, 0.29) is 11.6 Å². The number of carbonyl (C=O) groups excluding carboxylic acids is 2. The number of ether oxygens (including phenoxy) is 1. The van der Waals surface area contributed by atoms with Crippen LogP contribution < -0.4 is 10.6 Å². The second kappa shape index (κ2) is 10.3. The van der Waals surface area contributed by atoms with Crippen molar-refractivity contribution in [3.05, 3.63) is 58.7 Å². The minimum absolute atomic E-state index is 0.109. The lowest BCUT2D eigenvalue weighted by Crippen LogP contribution is -2.37. The standard InChI is InChI=1S/C24H28ClN3O3/c25-9-3-10-26-19-7-8-20(27-11-4-12-28-13-15-31-16-14-28)22-21(19)23(29)17-5-1-2-6-18(17)24(22)30/h1-2,5-8,26-27H,3-4,9-16H2. The predicted molar refractivity (Wildman–Crippen MR) is 124 cm³/mol. The molecule has 2 aliphatic rings. The number of hydrogen-bond donors (Lipinski definition) is 2. The van der Waals surface area contributed by atoms with Crippen molar-refractivity contribution in [2.24, 2.45) is 0 Å². The van der Waals surface area contributed by atoms with Crippen molar-refractivity contribution < 1.29 is 14.3 Å². The van der Waals surface area contributed by atoms with Gasteiger partial charge in [-0.25, -0.2) is 0 Å². The number of benzene rings is 2. The van der Waals surface area contributed by atoms with E-state index >= 15 is 0 Å². The zero-order valence-electron chi connectivity index (χ0n) is 17.6. The minimum atomic E-state index is -0.115. The van der Waals surface area contributed by atoms with Gasteiger partial charge in [0.1, 0.15) is 0 Å². The number of carbonyl (C=O) groups is 2. The van der Waals surface area contributed by atoms with E-state index in [0.717, 1.165) is 52.2 Å². The van der Waals surface area contributed by atoms with E-state index in [0.29, 0.717) is 46.1 Å². The predicted octanol–water partition coefficient (Wildman–Crippen LogP) is 3.64. The summed E-state index contributed by atoms with van der Waals surface area (Å²) in [5.41, 5.74) is 3.25. The third-order valence-electron chi connectivity index (χ3n) is 5.77. The van der Waals surface area contributed by atoms with Crippen LogP contribution >= 0.6 is 11.6 Å². The molecule has 0 amide bonds. The molecule has 0 aromatic heterocycles. The highest BCUT2D eigenvalue weighted by atomic mass is 35.5. The molecule has 164 valence electrons. The Labute approximate surface area is 187 Å². The van der Waals surface area contributed by atoms with E-state index in [9.17, 15) is 9.59 Å². The molecule has 2 N–H and O–H groups in total. The van der Waals surface area contributed by atoms with Crippen molar-refractivity contribution in [2.75, 3.05) is 62.5 Å². The number of anilines is 2. The minimum Gasteiger partial charge on any atom is -0.384 e. The highest BCUT2D eigenvalue weighted by Crippen LogP contribution is 2.36. The van der Waals surface area contributed by atoms with Crippen LogP contribution in [-0.2, 0) is 4.74 Å². The Balaban J connectivity index is 1.56. The molecule has 2 aromatic carbocycles. The zero-order chi connectivity index (χ0) is 21.6. The van der Waals surface area contributed by atoms with Crippen LogP contribution in [0.25, 0.3) is 0 Å². The van der Waals surface area contributed by atoms with E-state index in [4.69, 9.17) is 16.3 Å². The first-order valence-electron chi connectivity index (χ1n) is 10.9. The summed E-state index contributed by atoms with van der Waals surface area (Å²) in [5, 5.41) is 6.70. The summed E-state index contributed by atoms with van der Waals surface area (Å²) in [6.45, 7) is 5.84. The Kier molecular flexibility index (Phi) is 7.22. The average molecular weight is 442 g/mol. The highest BCUT2D eigenvalue weighted by molar-refractivity contribution is 6.31. The molecule has 4 rings (SSSR count). The topological polar surface area (TPSA) is 70.7 Å². The number of hydrogen-bond acceptors (Lipinski definition) is 6. The van der Waals surface area contributed by atoms with Crippen LogP contribution in [0.15, 0.2) is 36.4 Å². The molecule has 6 nitrogen and oxygen atoms in total. The molecule has 0 spiro atoms. The molecule has 31 heavy (non-hydrogen) atoms. The number of rotatable bonds is 9. The first-order valence-corrected chi connectivity index (χ1v) is 11.4. The maximum Gasteiger partial charge on any atom is 0.196 e. The number of fused-ring (bicyclic) bond motifs is 2. The number of nitrogens with one attached hydrogen (secondary N) is 2. The molecule has 1 aliphatic carbocycles. The van der Waals surface area contributed by atoms with Gasteiger partial charge < -0.3 is 15.4 Å². The maximum atomic E-state index is 13.4. The Hall–Kier alpha value is -2.41. The zero-order valence-corrected chi connectivity index (χ0v) is 18.3. The SMILES string of the molecule is O=C1c2ccccc2C(=O)c2c(NCCCN3CCOCC3)ccc(NCCCCl)c21. The average Bonchev–Trinajstić information content (AvgIpc) is 2.81. The molecule has 7 heteroatoms. The largest absolute Gasteiger partial charge is 0.384 e. The Morgan fingerprint density at radius 3 is 1.94 bits per heavy atom. The van der Waals surface area contributed by atoms with Gasteiger partial charge in [-0.15, -0.1) is 11.6 Å². The van der Waals surface area contributed by atoms with E-state index in [1.807, 2.05) is 12.1 Å². The smallest absolute Gasteiger partial charge is 0.196 e. The second-order valence-corrected chi connectivity index (χ2v) is 8.20.